The lowest BCUT2D eigenvalue weighted by atomic mass is 10.0. The summed E-state index contributed by atoms with van der Waals surface area (Å²) in [5.74, 6) is -0.749. The van der Waals surface area contributed by atoms with Crippen LogP contribution >= 0.6 is 19.4 Å². The highest BCUT2D eigenvalue weighted by Crippen LogP contribution is 2.51. The Morgan fingerprint density at radius 1 is 1.03 bits per heavy atom. The maximum Gasteiger partial charge on any atom is 0.530 e. The molecule has 0 saturated heterocycles. The van der Waals surface area contributed by atoms with E-state index in [0.29, 0.717) is 5.02 Å². The summed E-state index contributed by atoms with van der Waals surface area (Å²) in [7, 11) is -3.86. The number of carboxylic acid groups (broad SMARTS) is 1. The highest BCUT2D eigenvalue weighted by atomic mass is 35.5. The van der Waals surface area contributed by atoms with Crippen LogP contribution in [0.4, 0.5) is 0 Å². The van der Waals surface area contributed by atoms with Crippen molar-refractivity contribution in [2.75, 3.05) is 13.2 Å². The first-order valence-corrected chi connectivity index (χ1v) is 13.1. The highest BCUT2D eigenvalue weighted by molar-refractivity contribution is 7.48. The fourth-order valence-electron chi connectivity index (χ4n) is 3.02. The number of phosphoric acid groups is 1. The van der Waals surface area contributed by atoms with Gasteiger partial charge >= 0.3 is 13.8 Å². The second-order valence-electron chi connectivity index (χ2n) is 7.75. The molecule has 0 aliphatic heterocycles. The predicted molar refractivity (Wildman–Crippen MR) is 125 cm³/mol. The first-order valence-electron chi connectivity index (χ1n) is 11.3. The van der Waals surface area contributed by atoms with Crippen molar-refractivity contribution in [2.24, 2.45) is 5.92 Å². The molecule has 0 amide bonds. The molecule has 0 saturated carbocycles. The van der Waals surface area contributed by atoms with Gasteiger partial charge in [-0.3, -0.25) is 13.8 Å². The van der Waals surface area contributed by atoms with Gasteiger partial charge in [-0.05, 0) is 25.0 Å². The lowest BCUT2D eigenvalue weighted by Crippen LogP contribution is -2.08. The maximum absolute atomic E-state index is 12.9. The molecular formula is C23H35ClNO6P. The third-order valence-corrected chi connectivity index (χ3v) is 6.69. The van der Waals surface area contributed by atoms with Gasteiger partial charge in [-0.15, -0.1) is 0 Å². The second-order valence-corrected chi connectivity index (χ2v) is 9.75. The highest BCUT2D eigenvalue weighted by Gasteiger charge is 2.29. The van der Waals surface area contributed by atoms with Crippen molar-refractivity contribution in [3.05, 3.63) is 29.3 Å². The SMILES string of the molecule is CC(CCCCCCCCCCCOP(=O)(OCCC#N)Oc1ccccc1Cl)C(=O)O. The van der Waals surface area contributed by atoms with Crippen molar-refractivity contribution in [1.29, 1.82) is 5.26 Å². The molecule has 1 N–H and O–H groups in total. The van der Waals surface area contributed by atoms with E-state index in [0.717, 1.165) is 64.2 Å². The largest absolute Gasteiger partial charge is 0.530 e. The normalized spacial score (nSPS) is 13.8. The first kappa shape index (κ1) is 28.5. The Morgan fingerprint density at radius 3 is 2.19 bits per heavy atom. The van der Waals surface area contributed by atoms with Crippen LogP contribution in [0.25, 0.3) is 0 Å². The number of carbonyl (C=O) groups is 1. The Kier molecular flexibility index (Phi) is 15.1. The van der Waals surface area contributed by atoms with E-state index in [1.165, 1.54) is 0 Å². The zero-order valence-electron chi connectivity index (χ0n) is 18.8. The van der Waals surface area contributed by atoms with Crippen LogP contribution in [0.3, 0.4) is 0 Å². The summed E-state index contributed by atoms with van der Waals surface area (Å²) in [6.45, 7) is 1.94. The average molecular weight is 488 g/mol. The van der Waals surface area contributed by atoms with Crippen LogP contribution in [0.15, 0.2) is 24.3 Å². The summed E-state index contributed by atoms with van der Waals surface area (Å²) in [5, 5.41) is 17.8. The van der Waals surface area contributed by atoms with Gasteiger partial charge in [0, 0.05) is 0 Å². The van der Waals surface area contributed by atoms with Crippen LogP contribution in [0.1, 0.15) is 77.6 Å². The number of hydrogen-bond donors (Lipinski definition) is 1. The topological polar surface area (TPSA) is 106 Å². The quantitative estimate of drug-likeness (QED) is 0.160. The molecule has 1 aromatic rings. The molecule has 1 aromatic carbocycles. The van der Waals surface area contributed by atoms with Crippen molar-refractivity contribution in [3.8, 4) is 11.8 Å². The second kappa shape index (κ2) is 17.0. The summed E-state index contributed by atoms with van der Waals surface area (Å²) in [6.07, 6.45) is 10.2. The molecule has 9 heteroatoms. The smallest absolute Gasteiger partial charge is 0.481 e. The number of rotatable bonds is 19. The fraction of sp³-hybridized carbons (Fsp3) is 0.652. The van der Waals surface area contributed by atoms with E-state index in [1.807, 2.05) is 6.07 Å². The Balaban J connectivity index is 2.18. The number of unbranched alkanes of at least 4 members (excludes halogenated alkanes) is 8. The number of nitrogens with zero attached hydrogens (tertiary/aromatic N) is 1. The molecule has 7 nitrogen and oxygen atoms in total. The average Bonchev–Trinajstić information content (AvgIpc) is 2.76. The zero-order chi connectivity index (χ0) is 23.7. The molecule has 0 heterocycles. The van der Waals surface area contributed by atoms with E-state index in [9.17, 15) is 9.36 Å². The maximum atomic E-state index is 12.9. The van der Waals surface area contributed by atoms with Crippen LogP contribution in [-0.2, 0) is 18.4 Å². The number of nitriles is 1. The van der Waals surface area contributed by atoms with E-state index < -0.39 is 13.8 Å². The van der Waals surface area contributed by atoms with Gasteiger partial charge in [-0.25, -0.2) is 4.57 Å². The van der Waals surface area contributed by atoms with E-state index in [1.54, 1.807) is 31.2 Å². The monoisotopic (exact) mass is 487 g/mol. The molecule has 1 rings (SSSR count). The molecular weight excluding hydrogens is 453 g/mol. The lowest BCUT2D eigenvalue weighted by Gasteiger charge is -2.18. The van der Waals surface area contributed by atoms with Crippen molar-refractivity contribution in [2.45, 2.75) is 77.6 Å². The van der Waals surface area contributed by atoms with E-state index >= 15 is 0 Å². The Bertz CT molecular complexity index is 754. The Hall–Kier alpha value is -1.58. The van der Waals surface area contributed by atoms with Crippen molar-refractivity contribution >= 4 is 25.4 Å². The van der Waals surface area contributed by atoms with E-state index in [-0.39, 0.29) is 31.3 Å². The predicted octanol–water partition coefficient (Wildman–Crippen LogP) is 7.40. The zero-order valence-corrected chi connectivity index (χ0v) is 20.5. The third kappa shape index (κ3) is 13.1. The Labute approximate surface area is 196 Å². The van der Waals surface area contributed by atoms with Gasteiger partial charge in [0.05, 0.1) is 36.6 Å². The van der Waals surface area contributed by atoms with Crippen molar-refractivity contribution in [3.63, 3.8) is 0 Å². The van der Waals surface area contributed by atoms with Crippen LogP contribution in [0.5, 0.6) is 5.75 Å². The molecule has 0 bridgehead atoms. The minimum atomic E-state index is -3.86. The molecule has 32 heavy (non-hydrogen) atoms. The molecule has 180 valence electrons. The standard InChI is InChI=1S/C23H35ClNO6P/c1-20(23(26)27)14-9-7-5-3-2-4-6-8-12-18-29-32(28,30-19-13-17-25)31-22-16-11-10-15-21(22)24/h10-11,15-16,20H,2-9,12-14,18-19H2,1H3,(H,26,27). The van der Waals surface area contributed by atoms with Gasteiger partial charge in [-0.2, -0.15) is 5.26 Å². The van der Waals surface area contributed by atoms with Crippen LogP contribution in [-0.4, -0.2) is 24.3 Å². The van der Waals surface area contributed by atoms with Crippen molar-refractivity contribution < 1.29 is 28.0 Å². The van der Waals surface area contributed by atoms with Crippen LogP contribution < -0.4 is 4.52 Å². The summed E-state index contributed by atoms with van der Waals surface area (Å²) < 4.78 is 29.0. The summed E-state index contributed by atoms with van der Waals surface area (Å²) in [4.78, 5) is 10.8. The van der Waals surface area contributed by atoms with Gasteiger partial charge in [0.2, 0.25) is 0 Å². The minimum absolute atomic E-state index is 0.0482. The molecule has 0 fully saturated rings. The van der Waals surface area contributed by atoms with Gasteiger partial charge in [0.15, 0.2) is 0 Å². The number of carboxylic acids is 1. The number of benzene rings is 1. The fourth-order valence-corrected chi connectivity index (χ4v) is 4.50. The molecule has 0 aliphatic rings. The summed E-state index contributed by atoms with van der Waals surface area (Å²) in [5.41, 5.74) is 0. The van der Waals surface area contributed by atoms with Gasteiger partial charge in [0.25, 0.3) is 0 Å². The molecule has 0 aromatic heterocycles. The number of para-hydroxylation sites is 1. The van der Waals surface area contributed by atoms with Crippen LogP contribution in [0.2, 0.25) is 5.02 Å². The summed E-state index contributed by atoms with van der Waals surface area (Å²) >= 11 is 6.06. The van der Waals surface area contributed by atoms with E-state index in [4.69, 9.17) is 35.5 Å². The third-order valence-electron chi connectivity index (χ3n) is 4.96. The number of halogens is 1. The molecule has 2 atom stereocenters. The molecule has 2 unspecified atom stereocenters. The number of hydrogen-bond acceptors (Lipinski definition) is 6. The Morgan fingerprint density at radius 2 is 1.59 bits per heavy atom. The van der Waals surface area contributed by atoms with E-state index in [2.05, 4.69) is 0 Å². The number of phosphoric ester groups is 1. The van der Waals surface area contributed by atoms with Crippen molar-refractivity contribution in [1.82, 2.24) is 0 Å². The summed E-state index contributed by atoms with van der Waals surface area (Å²) in [6, 6.07) is 8.57. The molecule has 0 radical (unpaired) electrons. The first-order chi connectivity index (χ1) is 15.4. The van der Waals surface area contributed by atoms with Crippen LogP contribution in [0, 0.1) is 17.2 Å². The van der Waals surface area contributed by atoms with Gasteiger partial charge in [0.1, 0.15) is 5.75 Å². The van der Waals surface area contributed by atoms with Gasteiger partial charge in [-0.1, -0.05) is 82.0 Å². The molecule has 0 aliphatic carbocycles. The minimum Gasteiger partial charge on any atom is -0.481 e. The number of aliphatic carboxylic acids is 1. The molecule has 0 spiro atoms. The lowest BCUT2D eigenvalue weighted by molar-refractivity contribution is -0.141. The van der Waals surface area contributed by atoms with Gasteiger partial charge < -0.3 is 9.63 Å².